The summed E-state index contributed by atoms with van der Waals surface area (Å²) in [4.78, 5) is 24.1. The van der Waals surface area contributed by atoms with Crippen LogP contribution in [0.4, 0.5) is 5.82 Å². The molecule has 0 unspecified atom stereocenters. The summed E-state index contributed by atoms with van der Waals surface area (Å²) in [5.74, 6) is 0.872. The number of Topliss-reactive ketones (excluding diaryl/α,β-unsaturated/α-hetero) is 1. The van der Waals surface area contributed by atoms with Crippen molar-refractivity contribution in [2.45, 2.75) is 58.4 Å². The first kappa shape index (κ1) is 17.6. The first-order chi connectivity index (χ1) is 10.9. The van der Waals surface area contributed by atoms with Crippen LogP contribution in [0.5, 0.6) is 0 Å². The number of halogens is 1. The third-order valence-electron chi connectivity index (χ3n) is 3.98. The maximum Gasteiger partial charge on any atom is 0.226 e. The molecule has 0 amide bonds. The van der Waals surface area contributed by atoms with Crippen LogP contribution >= 0.6 is 11.6 Å². The third-order valence-corrected chi connectivity index (χ3v) is 4.14. The molecule has 0 fully saturated rings. The molecule has 0 bridgehead atoms. The zero-order valence-corrected chi connectivity index (χ0v) is 14.7. The molecule has 6 heteroatoms. The summed E-state index contributed by atoms with van der Waals surface area (Å²) in [6.07, 6.45) is 6.12. The smallest absolute Gasteiger partial charge is 0.226 e. The lowest BCUT2D eigenvalue weighted by Gasteiger charge is -2.32. The highest BCUT2D eigenvalue weighted by Gasteiger charge is 2.25. The molecule has 0 aliphatic carbocycles. The zero-order valence-electron chi connectivity index (χ0n) is 13.9. The second-order valence-corrected chi connectivity index (χ2v) is 6.55. The number of fused-ring (bicyclic) bond motifs is 1. The topological polar surface area (TPSA) is 67.8 Å². The van der Waals surface area contributed by atoms with Gasteiger partial charge in [0.15, 0.2) is 5.65 Å². The molecule has 0 saturated carbocycles. The Balaban J connectivity index is 2.33. The second kappa shape index (κ2) is 7.68. The van der Waals surface area contributed by atoms with Crippen molar-refractivity contribution < 1.29 is 4.79 Å². The van der Waals surface area contributed by atoms with E-state index in [1.54, 1.807) is 13.1 Å². The number of carbonyl (C=O) groups excluding carboxylic acids is 1. The number of hydrogen-bond acceptors (Lipinski definition) is 5. The predicted molar refractivity (Wildman–Crippen MR) is 93.8 cm³/mol. The fraction of sp³-hybridized carbons (Fsp3) is 0.529. The highest BCUT2D eigenvalue weighted by Crippen LogP contribution is 2.29. The number of carbonyl (C=O) groups is 1. The van der Waals surface area contributed by atoms with Crippen LogP contribution < -0.4 is 5.32 Å². The largest absolute Gasteiger partial charge is 0.364 e. The minimum atomic E-state index is -0.220. The van der Waals surface area contributed by atoms with Crippen molar-refractivity contribution in [2.24, 2.45) is 0 Å². The Morgan fingerprint density at radius 2 is 2.13 bits per heavy atom. The summed E-state index contributed by atoms with van der Waals surface area (Å²) in [5, 5.41) is 4.51. The SMILES string of the molecule is CCCC[C@](C)(CCC(C)=O)Nc1nc(Cl)nc2ncccc12. The van der Waals surface area contributed by atoms with E-state index >= 15 is 0 Å². The zero-order chi connectivity index (χ0) is 16.9. The summed E-state index contributed by atoms with van der Waals surface area (Å²) >= 11 is 6.03. The number of pyridine rings is 1. The molecule has 0 saturated heterocycles. The lowest BCUT2D eigenvalue weighted by Crippen LogP contribution is -2.35. The summed E-state index contributed by atoms with van der Waals surface area (Å²) in [5.41, 5.74) is 0.349. The maximum atomic E-state index is 11.4. The van der Waals surface area contributed by atoms with Crippen LogP contribution in [0.15, 0.2) is 18.3 Å². The molecule has 1 atom stereocenters. The summed E-state index contributed by atoms with van der Waals surface area (Å²) in [7, 11) is 0. The third kappa shape index (κ3) is 4.86. The number of unbranched alkanes of at least 4 members (excludes halogenated alkanes) is 1. The second-order valence-electron chi connectivity index (χ2n) is 6.21. The number of nitrogens with one attached hydrogen (secondary N) is 1. The highest BCUT2D eigenvalue weighted by molar-refractivity contribution is 6.28. The Morgan fingerprint density at radius 1 is 1.35 bits per heavy atom. The van der Waals surface area contributed by atoms with Crippen molar-refractivity contribution in [3.05, 3.63) is 23.6 Å². The molecule has 0 aliphatic rings. The average molecular weight is 335 g/mol. The fourth-order valence-corrected chi connectivity index (χ4v) is 2.75. The van der Waals surface area contributed by atoms with Crippen molar-refractivity contribution in [1.29, 1.82) is 0 Å². The predicted octanol–water partition coefficient (Wildman–Crippen LogP) is 4.41. The maximum absolute atomic E-state index is 11.4. The van der Waals surface area contributed by atoms with Crippen LogP contribution in [0.2, 0.25) is 5.28 Å². The van der Waals surface area contributed by atoms with E-state index in [1.807, 2.05) is 12.1 Å². The minimum absolute atomic E-state index is 0.170. The summed E-state index contributed by atoms with van der Waals surface area (Å²) < 4.78 is 0. The van der Waals surface area contributed by atoms with Crippen molar-refractivity contribution in [3.8, 4) is 0 Å². The van der Waals surface area contributed by atoms with E-state index in [2.05, 4.69) is 34.1 Å². The molecule has 5 nitrogen and oxygen atoms in total. The van der Waals surface area contributed by atoms with E-state index in [9.17, 15) is 4.79 Å². The van der Waals surface area contributed by atoms with E-state index < -0.39 is 0 Å². The van der Waals surface area contributed by atoms with Crippen LogP contribution in [-0.2, 0) is 4.79 Å². The normalized spacial score (nSPS) is 13.7. The Labute approximate surface area is 141 Å². The van der Waals surface area contributed by atoms with E-state index in [0.717, 1.165) is 31.1 Å². The number of ketones is 1. The first-order valence-corrected chi connectivity index (χ1v) is 8.37. The molecule has 2 rings (SSSR count). The molecule has 2 aromatic rings. The van der Waals surface area contributed by atoms with Gasteiger partial charge in [-0.1, -0.05) is 19.8 Å². The van der Waals surface area contributed by atoms with Crippen LogP contribution in [0.1, 0.15) is 52.9 Å². The lowest BCUT2D eigenvalue weighted by molar-refractivity contribution is -0.117. The van der Waals surface area contributed by atoms with Crippen molar-refractivity contribution >= 4 is 34.2 Å². The number of anilines is 1. The van der Waals surface area contributed by atoms with E-state index in [-0.39, 0.29) is 16.6 Å². The van der Waals surface area contributed by atoms with Crippen molar-refractivity contribution in [2.75, 3.05) is 5.32 Å². The van der Waals surface area contributed by atoms with Gasteiger partial charge in [-0.05, 0) is 50.4 Å². The number of aromatic nitrogens is 3. The highest BCUT2D eigenvalue weighted by atomic mass is 35.5. The van der Waals surface area contributed by atoms with E-state index in [1.165, 1.54) is 0 Å². The Morgan fingerprint density at radius 3 is 2.83 bits per heavy atom. The molecule has 1 N–H and O–H groups in total. The fourth-order valence-electron chi connectivity index (χ4n) is 2.59. The van der Waals surface area contributed by atoms with Gasteiger partial charge in [0.1, 0.15) is 11.6 Å². The van der Waals surface area contributed by atoms with Gasteiger partial charge in [0.05, 0.1) is 5.39 Å². The molecule has 23 heavy (non-hydrogen) atoms. The quantitative estimate of drug-likeness (QED) is 0.724. The average Bonchev–Trinajstić information content (AvgIpc) is 2.51. The molecule has 0 radical (unpaired) electrons. The van der Waals surface area contributed by atoms with Crippen LogP contribution in [0, 0.1) is 0 Å². The van der Waals surface area contributed by atoms with Gasteiger partial charge in [0.25, 0.3) is 0 Å². The first-order valence-electron chi connectivity index (χ1n) is 7.99. The van der Waals surface area contributed by atoms with Gasteiger partial charge in [-0.3, -0.25) is 0 Å². The monoisotopic (exact) mass is 334 g/mol. The van der Waals surface area contributed by atoms with Crippen LogP contribution in [0.25, 0.3) is 11.0 Å². The molecule has 0 spiro atoms. The minimum Gasteiger partial charge on any atom is -0.364 e. The van der Waals surface area contributed by atoms with Crippen molar-refractivity contribution in [1.82, 2.24) is 15.0 Å². The van der Waals surface area contributed by atoms with Gasteiger partial charge < -0.3 is 10.1 Å². The van der Waals surface area contributed by atoms with E-state index in [4.69, 9.17) is 11.6 Å². The van der Waals surface area contributed by atoms with Gasteiger partial charge >= 0.3 is 0 Å². The molecular formula is C17H23ClN4O. The molecule has 0 aromatic carbocycles. The summed E-state index contributed by atoms with van der Waals surface area (Å²) in [6.45, 7) is 5.91. The van der Waals surface area contributed by atoms with Crippen molar-refractivity contribution in [3.63, 3.8) is 0 Å². The van der Waals surface area contributed by atoms with Gasteiger partial charge in [-0.2, -0.15) is 4.98 Å². The van der Waals surface area contributed by atoms with Gasteiger partial charge in [-0.25, -0.2) is 9.97 Å². The molecular weight excluding hydrogens is 312 g/mol. The summed E-state index contributed by atoms with van der Waals surface area (Å²) in [6, 6.07) is 3.77. The van der Waals surface area contributed by atoms with E-state index in [0.29, 0.717) is 17.9 Å². The van der Waals surface area contributed by atoms with Gasteiger partial charge in [-0.15, -0.1) is 0 Å². The standard InChI is InChI=1S/C17H23ClN4O/c1-4-5-9-17(3,10-8-12(2)23)22-15-13-7-6-11-19-14(13)20-16(18)21-15/h6-7,11H,4-5,8-10H2,1-3H3,(H,19,20,21,22)/t17-/m1/s1. The Bertz CT molecular complexity index is 691. The van der Waals surface area contributed by atoms with Crippen LogP contribution in [-0.4, -0.2) is 26.3 Å². The van der Waals surface area contributed by atoms with Crippen LogP contribution in [0.3, 0.4) is 0 Å². The van der Waals surface area contributed by atoms with Gasteiger partial charge in [0.2, 0.25) is 5.28 Å². The number of rotatable bonds is 8. The molecule has 2 aromatic heterocycles. The Hall–Kier alpha value is -1.75. The molecule has 124 valence electrons. The molecule has 0 aliphatic heterocycles. The molecule has 2 heterocycles. The lowest BCUT2D eigenvalue weighted by atomic mass is 9.88. The van der Waals surface area contributed by atoms with Gasteiger partial charge in [0, 0.05) is 18.2 Å². The number of nitrogens with zero attached hydrogens (tertiary/aromatic N) is 3. The number of hydrogen-bond donors (Lipinski definition) is 1. The Kier molecular flexibility index (Phi) is 5.88.